The van der Waals surface area contributed by atoms with Crippen molar-refractivity contribution in [2.75, 3.05) is 0 Å². The molecule has 6 heteroatoms. The van der Waals surface area contributed by atoms with Crippen LogP contribution in [0.15, 0.2) is 41.3 Å². The average molecular weight is 260 g/mol. The molecule has 0 aliphatic carbocycles. The fraction of sp³-hybridized carbons (Fsp3) is 0. The van der Waals surface area contributed by atoms with E-state index in [1.165, 1.54) is 12.1 Å². The monoisotopic (exact) mass is 260 g/mol. The molecule has 0 radical (unpaired) electrons. The first-order chi connectivity index (χ1) is 8.66. The highest BCUT2D eigenvalue weighted by Crippen LogP contribution is 2.28. The second kappa shape index (κ2) is 4.01. The van der Waals surface area contributed by atoms with E-state index in [1.54, 1.807) is 18.2 Å². The highest BCUT2D eigenvalue weighted by Gasteiger charge is 2.13. The van der Waals surface area contributed by atoms with E-state index in [9.17, 15) is 13.9 Å². The Kier molecular flexibility index (Phi) is 2.46. The van der Waals surface area contributed by atoms with Crippen LogP contribution in [-0.4, -0.2) is 23.8 Å². The summed E-state index contributed by atoms with van der Waals surface area (Å²) in [5.41, 5.74) is 1.71. The van der Waals surface area contributed by atoms with Crippen molar-refractivity contribution in [1.29, 1.82) is 0 Å². The molecule has 0 spiro atoms. The van der Waals surface area contributed by atoms with Gasteiger partial charge in [0.2, 0.25) is 0 Å². The molecule has 90 valence electrons. The lowest BCUT2D eigenvalue weighted by Gasteiger charge is -2.05. The van der Waals surface area contributed by atoms with Gasteiger partial charge in [-0.2, -0.15) is 0 Å². The van der Waals surface area contributed by atoms with E-state index in [1.807, 2.05) is 6.07 Å². The number of para-hydroxylation sites is 2. The molecule has 3 aromatic rings. The first-order valence-electron chi connectivity index (χ1n) is 5.16. The van der Waals surface area contributed by atoms with Crippen molar-refractivity contribution in [3.8, 4) is 5.75 Å². The topological polar surface area (TPSA) is 83.3 Å². The zero-order valence-corrected chi connectivity index (χ0v) is 9.89. The minimum absolute atomic E-state index is 0.0579. The summed E-state index contributed by atoms with van der Waals surface area (Å²) in [6, 6.07) is 9.86. The van der Waals surface area contributed by atoms with Crippen LogP contribution in [0.4, 0.5) is 0 Å². The lowest BCUT2D eigenvalue weighted by Crippen LogP contribution is -1.95. The number of aromatic hydroxyl groups is 1. The third-order valence-electron chi connectivity index (χ3n) is 2.63. The molecule has 18 heavy (non-hydrogen) atoms. The smallest absolute Gasteiger partial charge is 0.188 e. The van der Waals surface area contributed by atoms with E-state index in [0.717, 1.165) is 0 Å². The molecule has 1 heterocycles. The van der Waals surface area contributed by atoms with Gasteiger partial charge in [0.15, 0.2) is 11.1 Å². The summed E-state index contributed by atoms with van der Waals surface area (Å²) in [4.78, 5) is 8.69. The molecular weight excluding hydrogens is 252 g/mol. The SMILES string of the molecule is O=S(O)c1ccc(O)c2nc3ccccc3nc12. The molecule has 0 aliphatic rings. The Labute approximate surface area is 104 Å². The minimum Gasteiger partial charge on any atom is -0.506 e. The molecule has 1 unspecified atom stereocenters. The Bertz CT molecular complexity index is 789. The predicted octanol–water partition coefficient (Wildman–Crippen LogP) is 2.07. The van der Waals surface area contributed by atoms with Crippen LogP contribution in [-0.2, 0) is 11.1 Å². The Morgan fingerprint density at radius 1 is 0.944 bits per heavy atom. The lowest BCUT2D eigenvalue weighted by atomic mass is 10.2. The Hall–Kier alpha value is -2.05. The molecule has 5 nitrogen and oxygen atoms in total. The summed E-state index contributed by atoms with van der Waals surface area (Å²) >= 11 is -2.17. The molecule has 0 fully saturated rings. The van der Waals surface area contributed by atoms with Gasteiger partial charge in [-0.3, -0.25) is 0 Å². The van der Waals surface area contributed by atoms with Gasteiger partial charge < -0.3 is 9.66 Å². The van der Waals surface area contributed by atoms with Crippen molar-refractivity contribution in [3.63, 3.8) is 0 Å². The highest BCUT2D eigenvalue weighted by molar-refractivity contribution is 7.79. The van der Waals surface area contributed by atoms with Crippen LogP contribution >= 0.6 is 0 Å². The van der Waals surface area contributed by atoms with Crippen molar-refractivity contribution < 1.29 is 13.9 Å². The minimum atomic E-state index is -2.17. The van der Waals surface area contributed by atoms with Crippen molar-refractivity contribution >= 4 is 33.1 Å². The predicted molar refractivity (Wildman–Crippen MR) is 67.7 cm³/mol. The first kappa shape index (κ1) is 11.1. The summed E-state index contributed by atoms with van der Waals surface area (Å²) in [7, 11) is 0. The maximum Gasteiger partial charge on any atom is 0.188 e. The van der Waals surface area contributed by atoms with Crippen molar-refractivity contribution in [2.24, 2.45) is 0 Å². The summed E-state index contributed by atoms with van der Waals surface area (Å²) < 4.78 is 20.4. The van der Waals surface area contributed by atoms with Gasteiger partial charge in [-0.15, -0.1) is 0 Å². The van der Waals surface area contributed by atoms with Crippen LogP contribution < -0.4 is 0 Å². The number of hydrogen-bond acceptors (Lipinski definition) is 4. The van der Waals surface area contributed by atoms with E-state index in [4.69, 9.17) is 0 Å². The van der Waals surface area contributed by atoms with Crippen LogP contribution in [0.1, 0.15) is 0 Å². The first-order valence-corrected chi connectivity index (χ1v) is 6.27. The molecule has 0 saturated carbocycles. The summed E-state index contributed by atoms with van der Waals surface area (Å²) in [5.74, 6) is -0.0579. The molecule has 3 rings (SSSR count). The molecule has 1 aromatic heterocycles. The Balaban J connectivity index is 2.52. The average Bonchev–Trinajstić information content (AvgIpc) is 2.37. The van der Waals surface area contributed by atoms with E-state index >= 15 is 0 Å². The second-order valence-corrected chi connectivity index (χ2v) is 4.68. The zero-order chi connectivity index (χ0) is 12.7. The maximum atomic E-state index is 11.2. The lowest BCUT2D eigenvalue weighted by molar-refractivity contribution is 0.480. The van der Waals surface area contributed by atoms with Gasteiger partial charge in [-0.25, -0.2) is 14.2 Å². The van der Waals surface area contributed by atoms with E-state index in [-0.39, 0.29) is 21.7 Å². The molecule has 2 aromatic carbocycles. The maximum absolute atomic E-state index is 11.2. The van der Waals surface area contributed by atoms with Gasteiger partial charge in [0.25, 0.3) is 0 Å². The number of phenolic OH excluding ortho intramolecular Hbond substituents is 1. The van der Waals surface area contributed by atoms with Gasteiger partial charge >= 0.3 is 0 Å². The molecule has 1 atom stereocenters. The number of hydrogen-bond donors (Lipinski definition) is 2. The third kappa shape index (κ3) is 1.62. The molecule has 0 amide bonds. The quantitative estimate of drug-likeness (QED) is 0.517. The molecule has 2 N–H and O–H groups in total. The van der Waals surface area contributed by atoms with E-state index in [0.29, 0.717) is 11.0 Å². The van der Waals surface area contributed by atoms with E-state index < -0.39 is 11.1 Å². The number of aromatic nitrogens is 2. The second-order valence-electron chi connectivity index (χ2n) is 3.74. The van der Waals surface area contributed by atoms with Gasteiger partial charge in [-0.1, -0.05) is 12.1 Å². The fourth-order valence-electron chi connectivity index (χ4n) is 1.80. The van der Waals surface area contributed by atoms with Crippen LogP contribution in [0.2, 0.25) is 0 Å². The summed E-state index contributed by atoms with van der Waals surface area (Å²) in [6.07, 6.45) is 0. The number of nitrogens with zero attached hydrogens (tertiary/aromatic N) is 2. The van der Waals surface area contributed by atoms with Gasteiger partial charge in [-0.05, 0) is 24.3 Å². The fourth-order valence-corrected chi connectivity index (χ4v) is 2.30. The van der Waals surface area contributed by atoms with Crippen LogP contribution in [0.25, 0.3) is 22.1 Å². The number of phenols is 1. The highest BCUT2D eigenvalue weighted by atomic mass is 32.2. The van der Waals surface area contributed by atoms with Gasteiger partial charge in [0, 0.05) is 0 Å². The molecular formula is C12H8N2O3S. The molecule has 0 bridgehead atoms. The number of fused-ring (bicyclic) bond motifs is 2. The van der Waals surface area contributed by atoms with Gasteiger partial charge in [0.1, 0.15) is 16.8 Å². The third-order valence-corrected chi connectivity index (χ3v) is 3.33. The Morgan fingerprint density at radius 2 is 1.56 bits per heavy atom. The molecule has 0 saturated heterocycles. The van der Waals surface area contributed by atoms with Crippen LogP contribution in [0.5, 0.6) is 5.75 Å². The van der Waals surface area contributed by atoms with E-state index in [2.05, 4.69) is 9.97 Å². The number of rotatable bonds is 1. The summed E-state index contributed by atoms with van der Waals surface area (Å²) in [5, 5.41) is 9.75. The largest absolute Gasteiger partial charge is 0.506 e. The Morgan fingerprint density at radius 3 is 2.17 bits per heavy atom. The van der Waals surface area contributed by atoms with Crippen molar-refractivity contribution in [2.45, 2.75) is 4.90 Å². The van der Waals surface area contributed by atoms with Crippen LogP contribution in [0.3, 0.4) is 0 Å². The standard InChI is InChI=1S/C12H8N2O3S/c15-9-5-6-10(18(16)17)12-11(9)13-7-3-1-2-4-8(7)14-12/h1-6,15H,(H,16,17). The van der Waals surface area contributed by atoms with Gasteiger partial charge in [0.05, 0.1) is 15.9 Å². The van der Waals surface area contributed by atoms with Crippen molar-refractivity contribution in [3.05, 3.63) is 36.4 Å². The summed E-state index contributed by atoms with van der Waals surface area (Å²) in [6.45, 7) is 0. The zero-order valence-electron chi connectivity index (χ0n) is 9.07. The normalized spacial score (nSPS) is 12.9. The van der Waals surface area contributed by atoms with Crippen molar-refractivity contribution in [1.82, 2.24) is 9.97 Å². The van der Waals surface area contributed by atoms with Crippen LogP contribution in [0, 0.1) is 0 Å². The molecule has 0 aliphatic heterocycles. The number of benzene rings is 2.